The number of anilines is 1. The molecule has 2 heterocycles. The maximum Gasteiger partial charge on any atom is 0.421 e. The first-order valence-electron chi connectivity index (χ1n) is 14.1. The molecule has 2 aliphatic carbocycles. The largest absolute Gasteiger partial charge is 0.421 e. The summed E-state index contributed by atoms with van der Waals surface area (Å²) in [6.45, 7) is 0.705. The van der Waals surface area contributed by atoms with Crippen LogP contribution in [0.4, 0.5) is 18.9 Å². The van der Waals surface area contributed by atoms with Crippen LogP contribution >= 0.6 is 12.2 Å². The minimum atomic E-state index is -4.90. The van der Waals surface area contributed by atoms with E-state index < -0.39 is 37.9 Å². The Kier molecular flexibility index (Phi) is 9.10. The zero-order chi connectivity index (χ0) is 31.9. The van der Waals surface area contributed by atoms with E-state index in [9.17, 15) is 35.1 Å². The Morgan fingerprint density at radius 1 is 1.09 bits per heavy atom. The highest BCUT2D eigenvalue weighted by atomic mass is 32.2. The predicted octanol–water partition coefficient (Wildman–Crippen LogP) is 4.13. The molecule has 2 atom stereocenters. The minimum absolute atomic E-state index is 0.0157. The van der Waals surface area contributed by atoms with Crippen LogP contribution in [0.2, 0.25) is 0 Å². The number of piperazine rings is 1. The first-order valence-corrected chi connectivity index (χ1v) is 17.4. The molecule has 2 fully saturated rings. The number of alkyl halides is 3. The van der Waals surface area contributed by atoms with E-state index >= 15 is 0 Å². The third kappa shape index (κ3) is 6.22. The molecule has 0 radical (unpaired) electrons. The van der Waals surface area contributed by atoms with Gasteiger partial charge in [0.25, 0.3) is 0 Å². The van der Waals surface area contributed by atoms with Crippen LogP contribution in [0.15, 0.2) is 76.8 Å². The highest BCUT2D eigenvalue weighted by molar-refractivity contribution is 7.96. The van der Waals surface area contributed by atoms with Crippen LogP contribution in [0.5, 0.6) is 0 Å². The van der Waals surface area contributed by atoms with Gasteiger partial charge < -0.3 is 10.0 Å². The van der Waals surface area contributed by atoms with E-state index in [0.29, 0.717) is 31.9 Å². The van der Waals surface area contributed by atoms with Gasteiger partial charge in [-0.05, 0) is 55.7 Å². The Hall–Kier alpha value is -2.69. The molecule has 0 amide bonds. The number of hydrogen-bond acceptors (Lipinski definition) is 8. The lowest BCUT2D eigenvalue weighted by molar-refractivity contribution is -0.258. The Labute approximate surface area is 260 Å². The van der Waals surface area contributed by atoms with Crippen molar-refractivity contribution >= 4 is 42.8 Å². The number of allylic oxidation sites excluding steroid dienone is 4. The molecule has 15 heteroatoms. The van der Waals surface area contributed by atoms with Crippen molar-refractivity contribution in [3.8, 4) is 0 Å². The molecule has 3 aliphatic rings. The van der Waals surface area contributed by atoms with Gasteiger partial charge in [0.2, 0.25) is 20.0 Å². The monoisotopic (exact) mass is 670 g/mol. The van der Waals surface area contributed by atoms with Crippen LogP contribution in [0.1, 0.15) is 38.2 Å². The summed E-state index contributed by atoms with van der Waals surface area (Å²) >= 11 is 5.34. The smallest absolute Gasteiger partial charge is 0.376 e. The van der Waals surface area contributed by atoms with Crippen molar-refractivity contribution in [1.29, 1.82) is 0 Å². The summed E-state index contributed by atoms with van der Waals surface area (Å²) in [6, 6.07) is 7.20. The van der Waals surface area contributed by atoms with Gasteiger partial charge in [0.05, 0.1) is 10.9 Å². The van der Waals surface area contributed by atoms with Gasteiger partial charge in [-0.3, -0.25) is 4.98 Å². The molecule has 238 valence electrons. The van der Waals surface area contributed by atoms with E-state index in [-0.39, 0.29) is 52.4 Å². The van der Waals surface area contributed by atoms with Crippen molar-refractivity contribution in [2.75, 3.05) is 31.1 Å². The van der Waals surface area contributed by atoms with E-state index in [4.69, 9.17) is 12.2 Å². The van der Waals surface area contributed by atoms with Crippen molar-refractivity contribution < 1.29 is 35.1 Å². The van der Waals surface area contributed by atoms with Crippen molar-refractivity contribution in [1.82, 2.24) is 13.6 Å². The summed E-state index contributed by atoms with van der Waals surface area (Å²) in [4.78, 5) is 6.11. The van der Waals surface area contributed by atoms with E-state index in [1.54, 1.807) is 12.2 Å². The lowest BCUT2D eigenvalue weighted by Gasteiger charge is -2.46. The molecule has 5 rings (SSSR count). The quantitative estimate of drug-likeness (QED) is 0.397. The molecule has 1 aliphatic heterocycles. The fourth-order valence-corrected chi connectivity index (χ4v) is 9.29. The van der Waals surface area contributed by atoms with Gasteiger partial charge in [-0.1, -0.05) is 42.9 Å². The summed E-state index contributed by atoms with van der Waals surface area (Å²) in [7, 11) is -8.03. The zero-order valence-electron chi connectivity index (χ0n) is 23.9. The molecule has 1 N–H and O–H groups in total. The molecular weight excluding hydrogens is 638 g/mol. The van der Waals surface area contributed by atoms with Crippen LogP contribution in [-0.4, -0.2) is 84.8 Å². The number of sulfonamides is 2. The molecule has 9 nitrogen and oxygen atoms in total. The third-order valence-electron chi connectivity index (χ3n) is 8.45. The van der Waals surface area contributed by atoms with Gasteiger partial charge >= 0.3 is 6.18 Å². The number of aliphatic hydroxyl groups is 1. The molecule has 0 spiro atoms. The standard InChI is InChI=1S/C29H33F3N4O5S3/c1-28(37,29(30,31)32)21-11-13-22(14-12-21)35-17-16-34(44(40,41)27-10-3-2-9-26(27)42)19-24(35)20-36(23-6-4-7-23)43(38,39)25-8-5-15-33-18-25/h2-3,5,8,10-15,18,23-24,37H,4,6-7,9,16-17,19-20H2,1H3/t24-,28?/m1/s1. The van der Waals surface area contributed by atoms with E-state index in [0.717, 1.165) is 6.42 Å². The first-order chi connectivity index (χ1) is 20.6. The third-order valence-corrected chi connectivity index (χ3v) is 12.8. The van der Waals surface area contributed by atoms with E-state index in [1.165, 1.54) is 63.5 Å². The van der Waals surface area contributed by atoms with Crippen LogP contribution in [0.25, 0.3) is 0 Å². The topological polar surface area (TPSA) is 111 Å². The van der Waals surface area contributed by atoms with Crippen molar-refractivity contribution in [2.24, 2.45) is 0 Å². The van der Waals surface area contributed by atoms with Crippen molar-refractivity contribution in [3.05, 3.63) is 77.5 Å². The molecular formula is C29H33F3N4O5S3. The maximum atomic E-state index is 13.9. The fraction of sp³-hybridized carbons (Fsp3) is 0.448. The molecule has 44 heavy (non-hydrogen) atoms. The van der Waals surface area contributed by atoms with Gasteiger partial charge in [-0.15, -0.1) is 0 Å². The van der Waals surface area contributed by atoms with Crippen molar-refractivity contribution in [2.45, 2.75) is 61.4 Å². The Balaban J connectivity index is 1.51. The summed E-state index contributed by atoms with van der Waals surface area (Å²) in [5.41, 5.74) is -2.96. The number of nitrogens with zero attached hydrogens (tertiary/aromatic N) is 4. The SMILES string of the molecule is CC(O)(c1ccc(N2CCN(S(=O)(=O)C3=CC=CCC3=S)C[C@@H]2CN(C2CCC2)S(=O)(=O)c2cccnc2)cc1)C(F)(F)F. The van der Waals surface area contributed by atoms with Crippen molar-refractivity contribution in [3.63, 3.8) is 0 Å². The Morgan fingerprint density at radius 3 is 2.36 bits per heavy atom. The molecule has 1 aromatic carbocycles. The van der Waals surface area contributed by atoms with Crippen LogP contribution in [-0.2, 0) is 25.6 Å². The summed E-state index contributed by atoms with van der Waals surface area (Å²) < 4.78 is 98.3. The van der Waals surface area contributed by atoms with Gasteiger partial charge in [0, 0.05) is 61.6 Å². The highest BCUT2D eigenvalue weighted by Gasteiger charge is 2.51. The molecule has 0 bridgehead atoms. The average Bonchev–Trinajstić information content (AvgIpc) is 2.96. The predicted molar refractivity (Wildman–Crippen MR) is 164 cm³/mol. The second kappa shape index (κ2) is 12.2. The average molecular weight is 671 g/mol. The van der Waals surface area contributed by atoms with E-state index in [2.05, 4.69) is 4.98 Å². The van der Waals surface area contributed by atoms with Gasteiger partial charge in [0.1, 0.15) is 4.90 Å². The molecule has 1 saturated heterocycles. The normalized spacial score (nSPS) is 22.0. The summed E-state index contributed by atoms with van der Waals surface area (Å²) in [5.74, 6) is 0. The number of hydrogen-bond donors (Lipinski definition) is 1. The lowest BCUT2D eigenvalue weighted by Crippen LogP contribution is -2.60. The number of pyridine rings is 1. The summed E-state index contributed by atoms with van der Waals surface area (Å²) in [6.07, 6.45) is 5.14. The number of halogens is 3. The second-order valence-corrected chi connectivity index (χ2v) is 15.6. The summed E-state index contributed by atoms with van der Waals surface area (Å²) in [5, 5.41) is 10.1. The number of thiocarbonyl (C=S) groups is 1. The molecule has 1 aromatic heterocycles. The van der Waals surface area contributed by atoms with Crippen LogP contribution < -0.4 is 4.90 Å². The first kappa shape index (κ1) is 32.7. The molecule has 1 unspecified atom stereocenters. The minimum Gasteiger partial charge on any atom is -0.376 e. The lowest BCUT2D eigenvalue weighted by atomic mass is 9.92. The highest BCUT2D eigenvalue weighted by Crippen LogP contribution is 2.39. The Morgan fingerprint density at radius 2 is 1.80 bits per heavy atom. The number of benzene rings is 1. The van der Waals surface area contributed by atoms with Gasteiger partial charge in [0.15, 0.2) is 5.60 Å². The van der Waals surface area contributed by atoms with E-state index in [1.807, 2.05) is 4.90 Å². The van der Waals surface area contributed by atoms with Crippen LogP contribution in [0.3, 0.4) is 0 Å². The van der Waals surface area contributed by atoms with Gasteiger partial charge in [-0.2, -0.15) is 21.8 Å². The zero-order valence-corrected chi connectivity index (χ0v) is 26.3. The van der Waals surface area contributed by atoms with Gasteiger partial charge in [-0.25, -0.2) is 16.8 Å². The molecule has 2 aromatic rings. The second-order valence-electron chi connectivity index (χ2n) is 11.3. The number of aromatic nitrogens is 1. The number of rotatable bonds is 9. The Bertz CT molecular complexity index is 1660. The molecule has 1 saturated carbocycles. The maximum absolute atomic E-state index is 13.9. The van der Waals surface area contributed by atoms with Crippen LogP contribution in [0, 0.1) is 0 Å². The fourth-order valence-electron chi connectivity index (χ4n) is 5.54.